The van der Waals surface area contributed by atoms with Crippen LogP contribution in [0.3, 0.4) is 0 Å². The van der Waals surface area contributed by atoms with E-state index in [0.29, 0.717) is 57.4 Å². The number of likely N-dealkylation sites (N-methyl/N-ethyl adjacent to an activating group) is 1. The molecule has 3 aliphatic rings. The molecule has 1 atom stereocenters. The number of imide groups is 1. The average molecular weight is 604 g/mol. The van der Waals surface area contributed by atoms with Crippen LogP contribution in [-0.2, 0) is 38.1 Å². The van der Waals surface area contributed by atoms with Gasteiger partial charge in [0.25, 0.3) is 10.2 Å². The maximum atomic E-state index is 13.0. The van der Waals surface area contributed by atoms with Crippen LogP contribution in [0.15, 0.2) is 23.0 Å². The summed E-state index contributed by atoms with van der Waals surface area (Å²) in [6.45, 7) is 1.54. The minimum atomic E-state index is -3.50. The number of aryl methyl sites for hydroxylation is 2. The Morgan fingerprint density at radius 1 is 1.02 bits per heavy atom. The van der Waals surface area contributed by atoms with E-state index in [1.54, 1.807) is 19.0 Å². The van der Waals surface area contributed by atoms with Crippen LogP contribution in [0.1, 0.15) is 63.0 Å². The second-order valence-corrected chi connectivity index (χ2v) is 13.7. The van der Waals surface area contributed by atoms with Gasteiger partial charge >= 0.3 is 5.69 Å². The number of piperidine rings is 2. The van der Waals surface area contributed by atoms with Crippen LogP contribution >= 0.6 is 0 Å². The Hall–Kier alpha value is -3.07. The molecule has 0 saturated carbocycles. The summed E-state index contributed by atoms with van der Waals surface area (Å²) in [4.78, 5) is 51.3. The fourth-order valence-electron chi connectivity index (χ4n) is 6.08. The summed E-state index contributed by atoms with van der Waals surface area (Å²) in [6, 6.07) is 5.02. The number of imidazole rings is 1. The minimum Gasteiger partial charge on any atom is -0.340 e. The number of fused-ring (bicyclic) bond motifs is 1. The third-order valence-electron chi connectivity index (χ3n) is 8.95. The molecule has 1 unspecified atom stereocenters. The van der Waals surface area contributed by atoms with Crippen molar-refractivity contribution in [2.75, 3.05) is 33.2 Å². The number of hydrogen-bond donors (Lipinski definition) is 2. The highest BCUT2D eigenvalue weighted by atomic mass is 32.2. The SMILES string of the molecule is CN(C(=O)CCCCCc1ccc2c(c1)n(C)c(=O)n2C1CCC(=O)NC1=O)C1CN(S(=O)(=O)N2CCC(N)CC2)C1. The molecular weight excluding hydrogens is 562 g/mol. The third kappa shape index (κ3) is 6.03. The normalized spacial score (nSPS) is 21.5. The van der Waals surface area contributed by atoms with Crippen molar-refractivity contribution in [1.82, 2.24) is 28.0 Å². The van der Waals surface area contributed by atoms with E-state index in [9.17, 15) is 27.6 Å². The van der Waals surface area contributed by atoms with E-state index < -0.39 is 22.2 Å². The van der Waals surface area contributed by atoms with E-state index in [4.69, 9.17) is 5.73 Å². The number of carbonyl (C=O) groups is 3. The van der Waals surface area contributed by atoms with Gasteiger partial charge in [-0.05, 0) is 56.2 Å². The molecule has 3 N–H and O–H groups in total. The Kier molecular flexibility index (Phi) is 8.88. The van der Waals surface area contributed by atoms with E-state index in [1.165, 1.54) is 17.7 Å². The molecule has 3 aliphatic heterocycles. The van der Waals surface area contributed by atoms with Gasteiger partial charge < -0.3 is 10.6 Å². The Labute approximate surface area is 245 Å². The Morgan fingerprint density at radius 2 is 1.74 bits per heavy atom. The highest BCUT2D eigenvalue weighted by molar-refractivity contribution is 7.86. The van der Waals surface area contributed by atoms with Gasteiger partial charge in [-0.3, -0.25) is 28.8 Å². The predicted octanol–water partition coefficient (Wildman–Crippen LogP) is 0.231. The van der Waals surface area contributed by atoms with Gasteiger partial charge in [0.2, 0.25) is 17.7 Å². The van der Waals surface area contributed by atoms with Crippen LogP contribution in [0.25, 0.3) is 11.0 Å². The number of carbonyl (C=O) groups excluding carboxylic acids is 3. The van der Waals surface area contributed by atoms with Crippen molar-refractivity contribution < 1.29 is 22.8 Å². The van der Waals surface area contributed by atoms with E-state index in [2.05, 4.69) is 5.32 Å². The van der Waals surface area contributed by atoms with Crippen LogP contribution in [-0.4, -0.2) is 94.1 Å². The number of nitrogens with two attached hydrogens (primary N) is 1. The number of unbranched alkanes of at least 4 members (excludes halogenated alkanes) is 2. The predicted molar refractivity (Wildman–Crippen MR) is 157 cm³/mol. The van der Waals surface area contributed by atoms with Crippen molar-refractivity contribution >= 4 is 39.0 Å². The van der Waals surface area contributed by atoms with Gasteiger partial charge in [-0.15, -0.1) is 0 Å². The van der Waals surface area contributed by atoms with E-state index in [0.717, 1.165) is 36.8 Å². The van der Waals surface area contributed by atoms with Crippen LogP contribution < -0.4 is 16.7 Å². The molecule has 3 amide bonds. The molecule has 230 valence electrons. The summed E-state index contributed by atoms with van der Waals surface area (Å²) in [6.07, 6.45) is 5.49. The molecule has 0 spiro atoms. The Morgan fingerprint density at radius 3 is 2.43 bits per heavy atom. The van der Waals surface area contributed by atoms with Crippen molar-refractivity contribution in [3.8, 4) is 0 Å². The Bertz CT molecular complexity index is 1520. The zero-order valence-electron chi connectivity index (χ0n) is 24.3. The molecule has 4 heterocycles. The molecule has 3 saturated heterocycles. The second-order valence-electron chi connectivity index (χ2n) is 11.8. The number of amides is 3. The quantitative estimate of drug-likeness (QED) is 0.290. The number of nitrogens with one attached hydrogen (secondary N) is 1. The van der Waals surface area contributed by atoms with E-state index in [1.807, 2.05) is 18.2 Å². The Balaban J connectivity index is 1.07. The third-order valence-corrected chi connectivity index (χ3v) is 10.9. The zero-order valence-corrected chi connectivity index (χ0v) is 25.1. The average Bonchev–Trinajstić information content (AvgIpc) is 3.16. The number of nitrogens with zero attached hydrogens (tertiary/aromatic N) is 5. The van der Waals surface area contributed by atoms with Crippen molar-refractivity contribution in [2.45, 2.75) is 75.9 Å². The topological polar surface area (TPSA) is 160 Å². The molecule has 1 aromatic carbocycles. The number of aromatic nitrogens is 2. The first-order valence-electron chi connectivity index (χ1n) is 14.8. The van der Waals surface area contributed by atoms with E-state index >= 15 is 0 Å². The number of hydrogen-bond acceptors (Lipinski definition) is 7. The molecule has 3 fully saturated rings. The lowest BCUT2D eigenvalue weighted by molar-refractivity contribution is -0.136. The van der Waals surface area contributed by atoms with Crippen molar-refractivity contribution in [3.05, 3.63) is 34.2 Å². The van der Waals surface area contributed by atoms with Crippen LogP contribution in [0, 0.1) is 0 Å². The standard InChI is InChI=1S/C28H41N7O6S/c1-31(21-17-34(18-21)42(40,41)33-14-12-20(29)13-15-33)26(37)7-5-3-4-6-19-8-9-22-24(16-19)32(2)28(39)35(22)23-10-11-25(36)30-27(23)38/h8-9,16,20-21,23H,3-7,10-15,17-18,29H2,1-2H3,(H,30,36,38). The highest BCUT2D eigenvalue weighted by Crippen LogP contribution is 2.26. The molecule has 0 aliphatic carbocycles. The van der Waals surface area contributed by atoms with Gasteiger partial charge in [0.05, 0.1) is 17.1 Å². The van der Waals surface area contributed by atoms with Gasteiger partial charge in [0, 0.05) is 59.2 Å². The summed E-state index contributed by atoms with van der Waals surface area (Å²) in [5.74, 6) is -0.750. The molecule has 0 radical (unpaired) electrons. The van der Waals surface area contributed by atoms with E-state index in [-0.39, 0.29) is 36.0 Å². The highest BCUT2D eigenvalue weighted by Gasteiger charge is 2.42. The first kappa shape index (κ1) is 30.4. The van der Waals surface area contributed by atoms with Crippen LogP contribution in [0.2, 0.25) is 0 Å². The van der Waals surface area contributed by atoms with Crippen molar-refractivity contribution in [1.29, 1.82) is 0 Å². The zero-order chi connectivity index (χ0) is 30.2. The van der Waals surface area contributed by atoms with Gasteiger partial charge in [0.1, 0.15) is 6.04 Å². The summed E-state index contributed by atoms with van der Waals surface area (Å²) in [5, 5.41) is 2.32. The minimum absolute atomic E-state index is 0.0206. The summed E-state index contributed by atoms with van der Waals surface area (Å²) in [7, 11) is -0.0694. The molecule has 42 heavy (non-hydrogen) atoms. The molecule has 1 aromatic heterocycles. The lowest BCUT2D eigenvalue weighted by Crippen LogP contribution is -2.64. The lowest BCUT2D eigenvalue weighted by Gasteiger charge is -2.45. The molecule has 14 heteroatoms. The first-order valence-corrected chi connectivity index (χ1v) is 16.2. The van der Waals surface area contributed by atoms with Gasteiger partial charge in [-0.1, -0.05) is 12.5 Å². The van der Waals surface area contributed by atoms with Gasteiger partial charge in [-0.25, -0.2) is 4.79 Å². The monoisotopic (exact) mass is 603 g/mol. The molecule has 5 rings (SSSR count). The largest absolute Gasteiger partial charge is 0.340 e. The maximum absolute atomic E-state index is 13.0. The van der Waals surface area contributed by atoms with Crippen LogP contribution in [0.4, 0.5) is 0 Å². The van der Waals surface area contributed by atoms with Crippen LogP contribution in [0.5, 0.6) is 0 Å². The smallest absolute Gasteiger partial charge is 0.329 e. The fourth-order valence-corrected chi connectivity index (χ4v) is 7.80. The molecular formula is C28H41N7O6S. The number of rotatable bonds is 10. The summed E-state index contributed by atoms with van der Waals surface area (Å²) in [5.41, 5.74) is 8.07. The molecule has 0 bridgehead atoms. The van der Waals surface area contributed by atoms with Crippen molar-refractivity contribution in [3.63, 3.8) is 0 Å². The summed E-state index contributed by atoms with van der Waals surface area (Å²) < 4.78 is 31.6. The van der Waals surface area contributed by atoms with Gasteiger partial charge in [-0.2, -0.15) is 17.0 Å². The summed E-state index contributed by atoms with van der Waals surface area (Å²) >= 11 is 0. The fraction of sp³-hybridized carbons (Fsp3) is 0.643. The number of benzene rings is 1. The van der Waals surface area contributed by atoms with Gasteiger partial charge in [0.15, 0.2) is 0 Å². The first-order chi connectivity index (χ1) is 20.0. The molecule has 13 nitrogen and oxygen atoms in total. The lowest BCUT2D eigenvalue weighted by atomic mass is 10.0. The maximum Gasteiger partial charge on any atom is 0.329 e. The second kappa shape index (κ2) is 12.3. The molecule has 2 aromatic rings. The van der Waals surface area contributed by atoms with Crippen molar-refractivity contribution in [2.24, 2.45) is 12.8 Å².